The largest absolute Gasteiger partial charge is 0.298 e. The molecule has 17 heavy (non-hydrogen) atoms. The monoisotopic (exact) mass is 228 g/mol. The Morgan fingerprint density at radius 3 is 2.71 bits per heavy atom. The van der Waals surface area contributed by atoms with Crippen LogP contribution in [-0.4, -0.2) is 6.29 Å². The van der Waals surface area contributed by atoms with Gasteiger partial charge in [-0.15, -0.1) is 0 Å². The van der Waals surface area contributed by atoms with Crippen LogP contribution in [0.15, 0.2) is 42.5 Å². The normalized spacial score (nSPS) is 10.2. The van der Waals surface area contributed by atoms with E-state index in [1.807, 2.05) is 24.3 Å². The number of benzene rings is 2. The van der Waals surface area contributed by atoms with Crippen LogP contribution in [0.5, 0.6) is 0 Å². The molecule has 0 N–H and O–H groups in total. The van der Waals surface area contributed by atoms with E-state index in [9.17, 15) is 9.18 Å². The molecule has 0 unspecified atom stereocenters. The number of carbonyl (C=O) groups excluding carboxylic acids is 1. The quantitative estimate of drug-likeness (QED) is 0.729. The highest BCUT2D eigenvalue weighted by Gasteiger charge is 2.06. The second kappa shape index (κ2) is 4.91. The van der Waals surface area contributed by atoms with Gasteiger partial charge in [0, 0.05) is 5.56 Å². The number of rotatable bonds is 3. The van der Waals surface area contributed by atoms with E-state index in [1.165, 1.54) is 23.8 Å². The molecule has 0 fully saturated rings. The summed E-state index contributed by atoms with van der Waals surface area (Å²) in [7, 11) is 0. The molecule has 0 aliphatic rings. The Labute approximate surface area is 99.9 Å². The molecule has 2 heteroatoms. The summed E-state index contributed by atoms with van der Waals surface area (Å²) in [4.78, 5) is 10.9. The van der Waals surface area contributed by atoms with Gasteiger partial charge in [0.25, 0.3) is 0 Å². The molecule has 1 nitrogen and oxygen atoms in total. The first-order valence-electron chi connectivity index (χ1n) is 5.58. The SMILES string of the molecule is CCc1cccc(-c2cc(F)ccc2C=O)c1. The average Bonchev–Trinajstić information content (AvgIpc) is 2.39. The van der Waals surface area contributed by atoms with E-state index in [-0.39, 0.29) is 5.82 Å². The van der Waals surface area contributed by atoms with Gasteiger partial charge >= 0.3 is 0 Å². The number of aldehydes is 1. The third-order valence-corrected chi connectivity index (χ3v) is 2.79. The van der Waals surface area contributed by atoms with E-state index in [4.69, 9.17) is 0 Å². The lowest BCUT2D eigenvalue weighted by molar-refractivity contribution is 0.112. The van der Waals surface area contributed by atoms with Crippen molar-refractivity contribution in [2.75, 3.05) is 0 Å². The summed E-state index contributed by atoms with van der Waals surface area (Å²) < 4.78 is 13.2. The van der Waals surface area contributed by atoms with Crippen molar-refractivity contribution in [3.63, 3.8) is 0 Å². The van der Waals surface area contributed by atoms with Gasteiger partial charge in [0.2, 0.25) is 0 Å². The lowest BCUT2D eigenvalue weighted by Gasteiger charge is -2.07. The number of hydrogen-bond acceptors (Lipinski definition) is 1. The van der Waals surface area contributed by atoms with Crippen LogP contribution in [0.2, 0.25) is 0 Å². The summed E-state index contributed by atoms with van der Waals surface area (Å²) in [5.74, 6) is -0.326. The van der Waals surface area contributed by atoms with E-state index in [2.05, 4.69) is 6.92 Å². The molecule has 0 atom stereocenters. The molecule has 0 spiro atoms. The Balaban J connectivity index is 2.58. The molecule has 0 aromatic heterocycles. The van der Waals surface area contributed by atoms with Gasteiger partial charge in [-0.1, -0.05) is 31.2 Å². The van der Waals surface area contributed by atoms with E-state index in [0.717, 1.165) is 18.3 Å². The summed E-state index contributed by atoms with van der Waals surface area (Å²) >= 11 is 0. The van der Waals surface area contributed by atoms with E-state index < -0.39 is 0 Å². The summed E-state index contributed by atoms with van der Waals surface area (Å²) in [6.45, 7) is 2.06. The highest BCUT2D eigenvalue weighted by Crippen LogP contribution is 2.24. The second-order valence-electron chi connectivity index (χ2n) is 3.90. The average molecular weight is 228 g/mol. The first kappa shape index (κ1) is 11.5. The van der Waals surface area contributed by atoms with Crippen molar-refractivity contribution >= 4 is 6.29 Å². The van der Waals surface area contributed by atoms with Crippen LogP contribution in [0.4, 0.5) is 4.39 Å². The molecule has 86 valence electrons. The first-order valence-corrected chi connectivity index (χ1v) is 5.58. The minimum absolute atomic E-state index is 0.326. The molecule has 2 aromatic carbocycles. The molecular weight excluding hydrogens is 215 g/mol. The molecular formula is C15H13FO. The van der Waals surface area contributed by atoms with Gasteiger partial charge in [-0.2, -0.15) is 0 Å². The minimum atomic E-state index is -0.326. The lowest BCUT2D eigenvalue weighted by Crippen LogP contribution is -1.90. The molecule has 0 bridgehead atoms. The lowest BCUT2D eigenvalue weighted by atomic mass is 9.98. The van der Waals surface area contributed by atoms with E-state index >= 15 is 0 Å². The van der Waals surface area contributed by atoms with Crippen LogP contribution in [0.1, 0.15) is 22.8 Å². The van der Waals surface area contributed by atoms with Crippen molar-refractivity contribution in [2.24, 2.45) is 0 Å². The third-order valence-electron chi connectivity index (χ3n) is 2.79. The second-order valence-corrected chi connectivity index (χ2v) is 3.90. The van der Waals surface area contributed by atoms with Crippen molar-refractivity contribution in [1.82, 2.24) is 0 Å². The van der Waals surface area contributed by atoms with Crippen molar-refractivity contribution in [3.8, 4) is 11.1 Å². The smallest absolute Gasteiger partial charge is 0.150 e. The Hall–Kier alpha value is -1.96. The molecule has 0 amide bonds. The van der Waals surface area contributed by atoms with Gasteiger partial charge < -0.3 is 0 Å². The number of hydrogen-bond donors (Lipinski definition) is 0. The Morgan fingerprint density at radius 2 is 2.00 bits per heavy atom. The first-order chi connectivity index (χ1) is 8.24. The van der Waals surface area contributed by atoms with Crippen molar-refractivity contribution in [2.45, 2.75) is 13.3 Å². The topological polar surface area (TPSA) is 17.1 Å². The van der Waals surface area contributed by atoms with Crippen LogP contribution < -0.4 is 0 Å². The summed E-state index contributed by atoms with van der Waals surface area (Å²) in [6, 6.07) is 12.0. The fraction of sp³-hybridized carbons (Fsp3) is 0.133. The number of aryl methyl sites for hydroxylation is 1. The van der Waals surface area contributed by atoms with Gasteiger partial charge in [0.05, 0.1) is 0 Å². The van der Waals surface area contributed by atoms with Gasteiger partial charge in [0.15, 0.2) is 6.29 Å². The molecule has 0 saturated carbocycles. The fourth-order valence-electron chi connectivity index (χ4n) is 1.84. The maximum atomic E-state index is 13.2. The standard InChI is InChI=1S/C15H13FO/c1-2-11-4-3-5-12(8-11)15-9-14(16)7-6-13(15)10-17/h3-10H,2H2,1H3. The molecule has 0 aliphatic carbocycles. The van der Waals surface area contributed by atoms with E-state index in [1.54, 1.807) is 0 Å². The Kier molecular flexibility index (Phi) is 3.33. The van der Waals surface area contributed by atoms with Gasteiger partial charge in [0.1, 0.15) is 5.82 Å². The van der Waals surface area contributed by atoms with Crippen LogP contribution in [0.25, 0.3) is 11.1 Å². The molecule has 0 heterocycles. The zero-order valence-corrected chi connectivity index (χ0v) is 9.61. The molecule has 0 aliphatic heterocycles. The van der Waals surface area contributed by atoms with Crippen LogP contribution >= 0.6 is 0 Å². The van der Waals surface area contributed by atoms with Gasteiger partial charge in [-0.05, 0) is 41.3 Å². The predicted octanol–water partition coefficient (Wildman–Crippen LogP) is 3.87. The van der Waals surface area contributed by atoms with Crippen molar-refractivity contribution < 1.29 is 9.18 Å². The van der Waals surface area contributed by atoms with Crippen molar-refractivity contribution in [3.05, 3.63) is 59.4 Å². The fourth-order valence-corrected chi connectivity index (χ4v) is 1.84. The highest BCUT2D eigenvalue weighted by molar-refractivity contribution is 5.87. The number of carbonyl (C=O) groups is 1. The summed E-state index contributed by atoms with van der Waals surface area (Å²) in [6.07, 6.45) is 1.67. The highest BCUT2D eigenvalue weighted by atomic mass is 19.1. The van der Waals surface area contributed by atoms with Gasteiger partial charge in [-0.3, -0.25) is 4.79 Å². The number of halogens is 1. The zero-order valence-electron chi connectivity index (χ0n) is 9.61. The molecule has 0 saturated heterocycles. The summed E-state index contributed by atoms with van der Waals surface area (Å²) in [5, 5.41) is 0. The Bertz CT molecular complexity index is 546. The molecule has 0 radical (unpaired) electrons. The maximum absolute atomic E-state index is 13.2. The van der Waals surface area contributed by atoms with E-state index in [0.29, 0.717) is 11.1 Å². The van der Waals surface area contributed by atoms with Crippen LogP contribution in [0, 0.1) is 5.82 Å². The van der Waals surface area contributed by atoms with Gasteiger partial charge in [-0.25, -0.2) is 4.39 Å². The predicted molar refractivity (Wildman–Crippen MR) is 66.6 cm³/mol. The van der Waals surface area contributed by atoms with Crippen molar-refractivity contribution in [1.29, 1.82) is 0 Å². The molecule has 2 aromatic rings. The Morgan fingerprint density at radius 1 is 1.18 bits per heavy atom. The zero-order chi connectivity index (χ0) is 12.3. The van der Waals surface area contributed by atoms with Crippen LogP contribution in [-0.2, 0) is 6.42 Å². The maximum Gasteiger partial charge on any atom is 0.150 e. The minimum Gasteiger partial charge on any atom is -0.298 e. The summed E-state index contributed by atoms with van der Waals surface area (Å²) in [5.41, 5.74) is 3.21. The van der Waals surface area contributed by atoms with Crippen LogP contribution in [0.3, 0.4) is 0 Å². The molecule has 2 rings (SSSR count). The third kappa shape index (κ3) is 2.41.